The molecular weight excluding hydrogens is 434 g/mol. The first-order valence-electron chi connectivity index (χ1n) is 11.4. The summed E-state index contributed by atoms with van der Waals surface area (Å²) in [6.45, 7) is 1.58. The molecule has 1 atom stereocenters. The molecule has 0 spiro atoms. The lowest BCUT2D eigenvalue weighted by atomic mass is 10.1. The van der Waals surface area contributed by atoms with Gasteiger partial charge in [0.1, 0.15) is 5.75 Å². The molecule has 1 fully saturated rings. The van der Waals surface area contributed by atoms with Crippen molar-refractivity contribution < 1.29 is 23.5 Å². The van der Waals surface area contributed by atoms with Crippen LogP contribution in [0.3, 0.4) is 0 Å². The van der Waals surface area contributed by atoms with Crippen LogP contribution in [0.15, 0.2) is 71.3 Å². The summed E-state index contributed by atoms with van der Waals surface area (Å²) in [5.41, 5.74) is 1.61. The highest BCUT2D eigenvalue weighted by atomic mass is 16.5. The Balaban J connectivity index is 1.34. The number of nitrogens with zero attached hydrogens (tertiary/aromatic N) is 2. The number of para-hydroxylation sites is 2. The Hall–Kier alpha value is -4.07. The normalized spacial score (nSPS) is 17.5. The van der Waals surface area contributed by atoms with E-state index in [4.69, 9.17) is 9.15 Å². The van der Waals surface area contributed by atoms with E-state index in [2.05, 4.69) is 5.32 Å². The van der Waals surface area contributed by atoms with Gasteiger partial charge in [0.25, 0.3) is 17.7 Å². The minimum absolute atomic E-state index is 0.0806. The average Bonchev–Trinajstić information content (AvgIpc) is 3.43. The fourth-order valence-electron chi connectivity index (χ4n) is 4.33. The maximum atomic E-state index is 13.5. The molecule has 1 aromatic heterocycles. The molecule has 0 bridgehead atoms. The molecule has 3 amide bonds. The number of carbonyl (C=O) groups excluding carboxylic acids is 3. The summed E-state index contributed by atoms with van der Waals surface area (Å²) in [6, 6.07) is 17.1. The van der Waals surface area contributed by atoms with Crippen LogP contribution >= 0.6 is 0 Å². The predicted octanol–water partition coefficient (Wildman–Crippen LogP) is 3.95. The van der Waals surface area contributed by atoms with Crippen molar-refractivity contribution in [3.8, 4) is 5.75 Å². The first kappa shape index (κ1) is 21.8. The standard InChI is InChI=1S/C26H25N3O5/c30-24(22-9-6-16-33-22)27-19-12-10-18(11-13-19)25(31)29-17-23(26(32)28-14-4-1-5-15-28)34-21-8-3-2-7-20(21)29/h2-3,6-13,16,23H,1,4-5,14-15,17H2,(H,27,30)/t23-/m0/s1. The number of rotatable bonds is 4. The first-order valence-corrected chi connectivity index (χ1v) is 11.4. The Kier molecular flexibility index (Phi) is 6.03. The minimum Gasteiger partial charge on any atom is -0.476 e. The molecule has 1 saturated heterocycles. The number of anilines is 2. The van der Waals surface area contributed by atoms with Crippen molar-refractivity contribution in [2.24, 2.45) is 0 Å². The molecule has 5 rings (SSSR count). The molecular formula is C26H25N3O5. The zero-order valence-corrected chi connectivity index (χ0v) is 18.6. The lowest BCUT2D eigenvalue weighted by molar-refractivity contribution is -0.139. The van der Waals surface area contributed by atoms with Crippen molar-refractivity contribution in [1.29, 1.82) is 0 Å². The van der Waals surface area contributed by atoms with Crippen LogP contribution in [-0.2, 0) is 4.79 Å². The van der Waals surface area contributed by atoms with Gasteiger partial charge in [-0.3, -0.25) is 14.4 Å². The molecule has 2 aliphatic rings. The fourth-order valence-corrected chi connectivity index (χ4v) is 4.33. The quantitative estimate of drug-likeness (QED) is 0.638. The second kappa shape index (κ2) is 9.43. The van der Waals surface area contributed by atoms with E-state index in [9.17, 15) is 14.4 Å². The van der Waals surface area contributed by atoms with Gasteiger partial charge < -0.3 is 24.3 Å². The second-order valence-electron chi connectivity index (χ2n) is 8.38. The molecule has 3 aromatic rings. The third-order valence-electron chi connectivity index (χ3n) is 6.10. The van der Waals surface area contributed by atoms with Gasteiger partial charge in [-0.2, -0.15) is 0 Å². The summed E-state index contributed by atoms with van der Waals surface area (Å²) in [6.07, 6.45) is 3.78. The van der Waals surface area contributed by atoms with Gasteiger partial charge in [0, 0.05) is 24.3 Å². The van der Waals surface area contributed by atoms with Crippen molar-refractivity contribution in [2.75, 3.05) is 29.9 Å². The van der Waals surface area contributed by atoms with E-state index < -0.39 is 6.10 Å². The largest absolute Gasteiger partial charge is 0.476 e. The Morgan fingerprint density at radius 1 is 0.882 bits per heavy atom. The summed E-state index contributed by atoms with van der Waals surface area (Å²) in [4.78, 5) is 42.2. The van der Waals surface area contributed by atoms with E-state index in [1.165, 1.54) is 6.26 Å². The van der Waals surface area contributed by atoms with Crippen LogP contribution in [0.5, 0.6) is 5.75 Å². The number of ether oxygens (including phenoxy) is 1. The number of likely N-dealkylation sites (tertiary alicyclic amines) is 1. The number of carbonyl (C=O) groups is 3. The van der Waals surface area contributed by atoms with E-state index in [-0.39, 0.29) is 30.0 Å². The van der Waals surface area contributed by atoms with Crippen LogP contribution in [0.25, 0.3) is 0 Å². The molecule has 34 heavy (non-hydrogen) atoms. The summed E-state index contributed by atoms with van der Waals surface area (Å²) in [5, 5.41) is 2.74. The molecule has 8 nitrogen and oxygen atoms in total. The van der Waals surface area contributed by atoms with E-state index in [1.807, 2.05) is 23.1 Å². The summed E-state index contributed by atoms with van der Waals surface area (Å²) < 4.78 is 11.1. The van der Waals surface area contributed by atoms with Crippen LogP contribution < -0.4 is 15.0 Å². The Morgan fingerprint density at radius 2 is 1.65 bits per heavy atom. The third kappa shape index (κ3) is 4.39. The summed E-state index contributed by atoms with van der Waals surface area (Å²) >= 11 is 0. The van der Waals surface area contributed by atoms with E-state index >= 15 is 0 Å². The highest BCUT2D eigenvalue weighted by Gasteiger charge is 2.36. The van der Waals surface area contributed by atoms with Crippen LogP contribution in [0.1, 0.15) is 40.2 Å². The Bertz CT molecular complexity index is 1180. The highest BCUT2D eigenvalue weighted by Crippen LogP contribution is 2.35. The smallest absolute Gasteiger partial charge is 0.291 e. The minimum atomic E-state index is -0.746. The second-order valence-corrected chi connectivity index (χ2v) is 8.38. The molecule has 0 unspecified atom stereocenters. The van der Waals surface area contributed by atoms with Crippen LogP contribution in [-0.4, -0.2) is 48.4 Å². The van der Waals surface area contributed by atoms with Gasteiger partial charge in [-0.1, -0.05) is 12.1 Å². The van der Waals surface area contributed by atoms with Gasteiger partial charge in [-0.15, -0.1) is 0 Å². The molecule has 3 heterocycles. The average molecular weight is 460 g/mol. The van der Waals surface area contributed by atoms with Crippen LogP contribution in [0, 0.1) is 0 Å². The van der Waals surface area contributed by atoms with Crippen molar-refractivity contribution in [3.05, 3.63) is 78.3 Å². The van der Waals surface area contributed by atoms with Crippen LogP contribution in [0.2, 0.25) is 0 Å². The Morgan fingerprint density at radius 3 is 2.38 bits per heavy atom. The van der Waals surface area contributed by atoms with Gasteiger partial charge in [-0.05, 0) is 67.8 Å². The van der Waals surface area contributed by atoms with E-state index in [1.54, 1.807) is 47.4 Å². The number of furan rings is 1. The molecule has 174 valence electrons. The highest BCUT2D eigenvalue weighted by molar-refractivity contribution is 6.08. The fraction of sp³-hybridized carbons (Fsp3) is 0.269. The van der Waals surface area contributed by atoms with E-state index in [0.29, 0.717) is 22.7 Å². The maximum absolute atomic E-state index is 13.5. The van der Waals surface area contributed by atoms with Crippen LogP contribution in [0.4, 0.5) is 11.4 Å². The summed E-state index contributed by atoms with van der Waals surface area (Å²) in [5.74, 6) is 0.0265. The van der Waals surface area contributed by atoms with Crippen molar-refractivity contribution in [2.45, 2.75) is 25.4 Å². The molecule has 8 heteroatoms. The number of amides is 3. The molecule has 2 aromatic carbocycles. The first-order chi connectivity index (χ1) is 16.6. The molecule has 0 aliphatic carbocycles. The van der Waals surface area contributed by atoms with E-state index in [0.717, 1.165) is 32.4 Å². The summed E-state index contributed by atoms with van der Waals surface area (Å²) in [7, 11) is 0. The third-order valence-corrected chi connectivity index (χ3v) is 6.10. The van der Waals surface area contributed by atoms with Gasteiger partial charge in [0.15, 0.2) is 11.9 Å². The zero-order valence-electron chi connectivity index (χ0n) is 18.6. The van der Waals surface area contributed by atoms with Gasteiger partial charge in [-0.25, -0.2) is 0 Å². The van der Waals surface area contributed by atoms with Gasteiger partial charge >= 0.3 is 0 Å². The molecule has 0 radical (unpaired) electrons. The number of hydrogen-bond acceptors (Lipinski definition) is 5. The number of piperidine rings is 1. The lowest BCUT2D eigenvalue weighted by Crippen LogP contribution is -2.52. The number of nitrogens with one attached hydrogen (secondary N) is 1. The monoisotopic (exact) mass is 459 g/mol. The van der Waals surface area contributed by atoms with Crippen molar-refractivity contribution >= 4 is 29.1 Å². The number of fused-ring (bicyclic) bond motifs is 1. The van der Waals surface area contributed by atoms with Crippen molar-refractivity contribution in [1.82, 2.24) is 4.90 Å². The topological polar surface area (TPSA) is 92.1 Å². The molecule has 0 saturated carbocycles. The lowest BCUT2D eigenvalue weighted by Gasteiger charge is -2.37. The number of hydrogen-bond donors (Lipinski definition) is 1. The molecule has 2 aliphatic heterocycles. The maximum Gasteiger partial charge on any atom is 0.291 e. The van der Waals surface area contributed by atoms with Gasteiger partial charge in [0.05, 0.1) is 18.5 Å². The van der Waals surface area contributed by atoms with Crippen molar-refractivity contribution in [3.63, 3.8) is 0 Å². The zero-order chi connectivity index (χ0) is 23.5. The Labute approximate surface area is 197 Å². The SMILES string of the molecule is O=C(Nc1ccc(C(=O)N2C[C@@H](C(=O)N3CCCCC3)Oc3ccccc32)cc1)c1ccco1. The van der Waals surface area contributed by atoms with Gasteiger partial charge in [0.2, 0.25) is 0 Å². The number of benzene rings is 2. The predicted molar refractivity (Wildman–Crippen MR) is 126 cm³/mol. The molecule has 1 N–H and O–H groups in total.